The van der Waals surface area contributed by atoms with Gasteiger partial charge in [0, 0.05) is 15.6 Å². The van der Waals surface area contributed by atoms with Crippen LogP contribution in [0.4, 0.5) is 0 Å². The van der Waals surface area contributed by atoms with Gasteiger partial charge in [0.05, 0.1) is 7.11 Å². The molecular weight excluding hydrogens is 376 g/mol. The third-order valence-electron chi connectivity index (χ3n) is 3.41. The van der Waals surface area contributed by atoms with Gasteiger partial charge in [-0.2, -0.15) is 9.61 Å². The highest BCUT2D eigenvalue weighted by atomic mass is 79.9. The maximum absolute atomic E-state index is 5.19. The van der Waals surface area contributed by atoms with E-state index in [4.69, 9.17) is 4.74 Å². The molecule has 0 saturated carbocycles. The first kappa shape index (κ1) is 14.3. The maximum Gasteiger partial charge on any atom is 0.235 e. The Bertz CT molecular complexity index is 977. The minimum Gasteiger partial charge on any atom is -0.497 e. The first-order chi connectivity index (χ1) is 11.2. The number of hydrogen-bond acceptors (Lipinski definition) is 5. The summed E-state index contributed by atoms with van der Waals surface area (Å²) in [5.41, 5.74) is 2.00. The van der Waals surface area contributed by atoms with Crippen molar-refractivity contribution in [3.63, 3.8) is 0 Å². The fourth-order valence-corrected chi connectivity index (χ4v) is 3.51. The van der Waals surface area contributed by atoms with Gasteiger partial charge >= 0.3 is 0 Å². The number of methoxy groups -OCH3 is 1. The van der Waals surface area contributed by atoms with Gasteiger partial charge < -0.3 is 4.74 Å². The van der Waals surface area contributed by atoms with Crippen molar-refractivity contribution in [3.05, 3.63) is 53.0 Å². The van der Waals surface area contributed by atoms with Gasteiger partial charge in [-0.1, -0.05) is 39.4 Å². The SMILES string of the molecule is COc1ccc(-c2nnc3sc(-c4cccc(Br)c4)nn23)cc1. The lowest BCUT2D eigenvalue weighted by Gasteiger charge is -2.00. The van der Waals surface area contributed by atoms with E-state index >= 15 is 0 Å². The van der Waals surface area contributed by atoms with Gasteiger partial charge in [0.1, 0.15) is 10.8 Å². The highest BCUT2D eigenvalue weighted by Gasteiger charge is 2.14. The lowest BCUT2D eigenvalue weighted by molar-refractivity contribution is 0.415. The number of fused-ring (bicyclic) bond motifs is 1. The molecule has 0 bridgehead atoms. The van der Waals surface area contributed by atoms with Gasteiger partial charge in [0.2, 0.25) is 4.96 Å². The van der Waals surface area contributed by atoms with Crippen LogP contribution >= 0.6 is 27.3 Å². The Hall–Kier alpha value is -2.25. The van der Waals surface area contributed by atoms with Crippen LogP contribution in [0.2, 0.25) is 0 Å². The molecule has 2 aromatic heterocycles. The summed E-state index contributed by atoms with van der Waals surface area (Å²) in [6.45, 7) is 0. The molecule has 0 atom stereocenters. The zero-order valence-corrected chi connectivity index (χ0v) is 14.5. The minimum absolute atomic E-state index is 0.722. The third-order valence-corrected chi connectivity index (χ3v) is 4.85. The largest absolute Gasteiger partial charge is 0.497 e. The minimum atomic E-state index is 0.722. The highest BCUT2D eigenvalue weighted by molar-refractivity contribution is 9.10. The van der Waals surface area contributed by atoms with Crippen LogP contribution in [-0.2, 0) is 0 Å². The van der Waals surface area contributed by atoms with Crippen molar-refractivity contribution in [1.82, 2.24) is 19.8 Å². The average molecular weight is 387 g/mol. The number of halogens is 1. The molecule has 4 rings (SSSR count). The van der Waals surface area contributed by atoms with Crippen molar-refractivity contribution < 1.29 is 4.74 Å². The van der Waals surface area contributed by atoms with Gasteiger partial charge in [-0.25, -0.2) is 0 Å². The molecule has 2 heterocycles. The van der Waals surface area contributed by atoms with Crippen molar-refractivity contribution >= 4 is 32.2 Å². The lowest BCUT2D eigenvalue weighted by atomic mass is 10.2. The summed E-state index contributed by atoms with van der Waals surface area (Å²) in [5.74, 6) is 1.53. The summed E-state index contributed by atoms with van der Waals surface area (Å²) in [7, 11) is 1.65. The van der Waals surface area contributed by atoms with E-state index in [-0.39, 0.29) is 0 Å². The Morgan fingerprint density at radius 3 is 2.61 bits per heavy atom. The molecule has 0 unspecified atom stereocenters. The molecule has 0 fully saturated rings. The van der Waals surface area contributed by atoms with E-state index in [1.165, 1.54) is 11.3 Å². The molecule has 2 aromatic carbocycles. The number of hydrogen-bond donors (Lipinski definition) is 0. The van der Waals surface area contributed by atoms with Gasteiger partial charge in [-0.3, -0.25) is 0 Å². The van der Waals surface area contributed by atoms with E-state index in [2.05, 4.69) is 31.2 Å². The van der Waals surface area contributed by atoms with Gasteiger partial charge in [-0.05, 0) is 36.4 Å². The number of rotatable bonds is 3. The van der Waals surface area contributed by atoms with Gasteiger partial charge in [-0.15, -0.1) is 10.2 Å². The highest BCUT2D eigenvalue weighted by Crippen LogP contribution is 2.29. The lowest BCUT2D eigenvalue weighted by Crippen LogP contribution is -1.91. The van der Waals surface area contributed by atoms with Crippen LogP contribution in [0.25, 0.3) is 26.9 Å². The molecule has 0 amide bonds. The summed E-state index contributed by atoms with van der Waals surface area (Å²) in [6, 6.07) is 15.8. The van der Waals surface area contributed by atoms with Gasteiger partial charge in [0.15, 0.2) is 5.82 Å². The molecular formula is C16H11BrN4OS. The Morgan fingerprint density at radius 2 is 1.87 bits per heavy atom. The van der Waals surface area contributed by atoms with Gasteiger partial charge in [0.25, 0.3) is 0 Å². The van der Waals surface area contributed by atoms with Crippen molar-refractivity contribution in [2.24, 2.45) is 0 Å². The van der Waals surface area contributed by atoms with Crippen molar-refractivity contribution in [1.29, 1.82) is 0 Å². The fourth-order valence-electron chi connectivity index (χ4n) is 2.28. The summed E-state index contributed by atoms with van der Waals surface area (Å²) >= 11 is 5.00. The summed E-state index contributed by atoms with van der Waals surface area (Å²) in [6.07, 6.45) is 0. The van der Waals surface area contributed by atoms with Crippen LogP contribution in [-0.4, -0.2) is 26.9 Å². The molecule has 0 spiro atoms. The van der Waals surface area contributed by atoms with E-state index in [9.17, 15) is 0 Å². The molecule has 5 nitrogen and oxygen atoms in total. The molecule has 0 radical (unpaired) electrons. The molecule has 0 aliphatic carbocycles. The molecule has 114 valence electrons. The van der Waals surface area contributed by atoms with Crippen LogP contribution in [0.1, 0.15) is 0 Å². The molecule has 0 saturated heterocycles. The standard InChI is InChI=1S/C16H11BrN4OS/c1-22-13-7-5-10(6-8-13)14-18-19-16-21(14)20-15(23-16)11-3-2-4-12(17)9-11/h2-9H,1H3. The smallest absolute Gasteiger partial charge is 0.235 e. The molecule has 7 heteroatoms. The molecule has 0 N–H and O–H groups in total. The Balaban J connectivity index is 1.80. The second-order valence-corrected chi connectivity index (χ2v) is 6.74. The maximum atomic E-state index is 5.19. The van der Waals surface area contributed by atoms with Crippen LogP contribution in [0.5, 0.6) is 5.75 Å². The first-order valence-electron chi connectivity index (χ1n) is 6.87. The number of nitrogens with zero attached hydrogens (tertiary/aromatic N) is 4. The monoisotopic (exact) mass is 386 g/mol. The van der Waals surface area contributed by atoms with Crippen LogP contribution < -0.4 is 4.74 Å². The van der Waals surface area contributed by atoms with Crippen LogP contribution in [0, 0.1) is 0 Å². The van der Waals surface area contributed by atoms with Crippen molar-refractivity contribution in [2.75, 3.05) is 7.11 Å². The zero-order chi connectivity index (χ0) is 15.8. The normalized spacial score (nSPS) is 11.0. The predicted octanol–water partition coefficient (Wildman–Crippen LogP) is 4.29. The van der Waals surface area contributed by atoms with E-state index in [1.807, 2.05) is 48.5 Å². The zero-order valence-electron chi connectivity index (χ0n) is 12.1. The molecule has 0 aliphatic heterocycles. The van der Waals surface area contributed by atoms with Crippen LogP contribution in [0.3, 0.4) is 0 Å². The summed E-state index contributed by atoms with van der Waals surface area (Å²) < 4.78 is 7.99. The van der Waals surface area contributed by atoms with Crippen LogP contribution in [0.15, 0.2) is 53.0 Å². The molecule has 4 aromatic rings. The Labute approximate surface area is 144 Å². The van der Waals surface area contributed by atoms with Crippen molar-refractivity contribution in [3.8, 4) is 27.7 Å². The average Bonchev–Trinajstić information content (AvgIpc) is 3.15. The Morgan fingerprint density at radius 1 is 1.04 bits per heavy atom. The second-order valence-electron chi connectivity index (χ2n) is 4.86. The summed E-state index contributed by atoms with van der Waals surface area (Å²) in [5, 5.41) is 14.0. The number of aromatic nitrogens is 4. The van der Waals surface area contributed by atoms with E-state index in [0.717, 1.165) is 37.1 Å². The van der Waals surface area contributed by atoms with E-state index < -0.39 is 0 Å². The molecule has 0 aliphatic rings. The Kier molecular flexibility index (Phi) is 3.59. The van der Waals surface area contributed by atoms with E-state index in [0.29, 0.717) is 0 Å². The fraction of sp³-hybridized carbons (Fsp3) is 0.0625. The number of ether oxygens (including phenoxy) is 1. The predicted molar refractivity (Wildman–Crippen MR) is 93.8 cm³/mol. The third kappa shape index (κ3) is 2.62. The summed E-state index contributed by atoms with van der Waals surface area (Å²) in [4.78, 5) is 0.769. The van der Waals surface area contributed by atoms with Crippen molar-refractivity contribution in [2.45, 2.75) is 0 Å². The quantitative estimate of drug-likeness (QED) is 0.526. The topological polar surface area (TPSA) is 52.3 Å². The van der Waals surface area contributed by atoms with E-state index in [1.54, 1.807) is 11.6 Å². The number of benzene rings is 2. The second kappa shape index (κ2) is 5.75. The first-order valence-corrected chi connectivity index (χ1v) is 8.48. The molecule has 23 heavy (non-hydrogen) atoms.